The molecule has 45 heavy (non-hydrogen) atoms. The second kappa shape index (κ2) is 14.3. The van der Waals surface area contributed by atoms with Crippen LogP contribution in [0.15, 0.2) is 49.1 Å². The Morgan fingerprint density at radius 1 is 1.18 bits per heavy atom. The number of carboxylic acid groups (broad SMARTS) is 1. The summed E-state index contributed by atoms with van der Waals surface area (Å²) in [5.41, 5.74) is 1.89. The molecule has 10 nitrogen and oxygen atoms in total. The molecule has 1 aromatic heterocycles. The second-order valence-electron chi connectivity index (χ2n) is 11.9. The van der Waals surface area contributed by atoms with Gasteiger partial charge in [0, 0.05) is 49.2 Å². The molecule has 1 amide bonds. The molecule has 0 unspecified atom stereocenters. The molecule has 242 valence electrons. The first-order valence-corrected chi connectivity index (χ1v) is 15.7. The third-order valence-electron chi connectivity index (χ3n) is 9.02. The Labute approximate surface area is 263 Å². The number of likely N-dealkylation sites (tertiary alicyclic amines) is 1. The summed E-state index contributed by atoms with van der Waals surface area (Å²) in [5.74, 6) is -1.12. The van der Waals surface area contributed by atoms with Crippen molar-refractivity contribution in [3.05, 3.63) is 66.0 Å². The van der Waals surface area contributed by atoms with Crippen LogP contribution in [0.4, 0.5) is 10.1 Å². The Morgan fingerprint density at radius 2 is 1.96 bits per heavy atom. The Hall–Kier alpha value is -4.12. The van der Waals surface area contributed by atoms with Gasteiger partial charge in [-0.1, -0.05) is 26.7 Å². The van der Waals surface area contributed by atoms with Crippen LogP contribution in [0.2, 0.25) is 0 Å². The normalized spacial score (nSPS) is 19.3. The van der Waals surface area contributed by atoms with Crippen LogP contribution < -0.4 is 19.1 Å². The highest BCUT2D eigenvalue weighted by Gasteiger charge is 2.48. The lowest BCUT2D eigenvalue weighted by molar-refractivity contribution is -0.143. The molecule has 0 radical (unpaired) electrons. The van der Waals surface area contributed by atoms with Crippen molar-refractivity contribution in [1.82, 2.24) is 14.5 Å². The lowest BCUT2D eigenvalue weighted by Gasteiger charge is -2.35. The number of anilines is 1. The van der Waals surface area contributed by atoms with E-state index in [4.69, 9.17) is 14.2 Å². The Bertz CT molecular complexity index is 1480. The minimum Gasteiger partial charge on any atom is -0.493 e. The Kier molecular flexibility index (Phi) is 10.3. The molecule has 1 N–H and O–H groups in total. The average molecular weight is 623 g/mol. The van der Waals surface area contributed by atoms with E-state index in [-0.39, 0.29) is 31.1 Å². The van der Waals surface area contributed by atoms with Gasteiger partial charge in [0.2, 0.25) is 18.4 Å². The zero-order valence-corrected chi connectivity index (χ0v) is 26.4. The molecule has 0 bridgehead atoms. The summed E-state index contributed by atoms with van der Waals surface area (Å²) in [6.45, 7) is 6.87. The number of rotatable bonds is 14. The van der Waals surface area contributed by atoms with Crippen molar-refractivity contribution in [3.63, 3.8) is 0 Å². The highest BCUT2D eigenvalue weighted by atomic mass is 19.1. The van der Waals surface area contributed by atoms with Gasteiger partial charge in [-0.25, -0.2) is 9.37 Å². The van der Waals surface area contributed by atoms with Crippen molar-refractivity contribution in [2.24, 2.45) is 5.92 Å². The second-order valence-corrected chi connectivity index (χ2v) is 11.9. The highest BCUT2D eigenvalue weighted by molar-refractivity contribution is 5.95. The van der Waals surface area contributed by atoms with E-state index in [1.54, 1.807) is 31.6 Å². The number of carbonyl (C=O) groups is 2. The number of imidazole rings is 1. The van der Waals surface area contributed by atoms with E-state index in [0.717, 1.165) is 31.2 Å². The Balaban J connectivity index is 1.51. The van der Waals surface area contributed by atoms with Gasteiger partial charge in [-0.15, -0.1) is 0 Å². The molecule has 3 atom stereocenters. The molecule has 11 heteroatoms. The molecule has 0 spiro atoms. The van der Waals surface area contributed by atoms with Gasteiger partial charge in [0.05, 0.1) is 25.9 Å². The van der Waals surface area contributed by atoms with E-state index in [1.807, 2.05) is 32.7 Å². The third kappa shape index (κ3) is 6.93. The molecule has 2 aliphatic heterocycles. The number of hydrogen-bond donors (Lipinski definition) is 1. The smallest absolute Gasteiger partial charge is 0.308 e. The average Bonchev–Trinajstić information content (AvgIpc) is 3.78. The number of hydrogen-bond acceptors (Lipinski definition) is 7. The SMILES string of the molecule is CCCC(CCC)N(C(=O)CN1C[C@H](c2cc(OC)c3c(c2)OCO3)[C@@H](C(=O)O)[C@@H]1CCn1ccnc1)c1ccc(F)c(C)c1. The zero-order valence-electron chi connectivity index (χ0n) is 26.4. The van der Waals surface area contributed by atoms with Gasteiger partial charge in [-0.2, -0.15) is 0 Å². The number of carboxylic acids is 1. The quantitative estimate of drug-likeness (QED) is 0.247. The summed E-state index contributed by atoms with van der Waals surface area (Å²) in [4.78, 5) is 35.4. The summed E-state index contributed by atoms with van der Waals surface area (Å²) in [5, 5.41) is 10.7. The number of nitrogens with zero attached hydrogens (tertiary/aromatic N) is 4. The minimum absolute atomic E-state index is 0.0247. The molecule has 1 saturated heterocycles. The molecular formula is C34H43FN4O6. The Morgan fingerprint density at radius 3 is 2.60 bits per heavy atom. The van der Waals surface area contributed by atoms with Crippen molar-refractivity contribution in [3.8, 4) is 17.2 Å². The number of carbonyl (C=O) groups excluding carboxylic acids is 1. The number of aryl methyl sites for hydroxylation is 2. The van der Waals surface area contributed by atoms with Crippen LogP contribution in [0.3, 0.4) is 0 Å². The van der Waals surface area contributed by atoms with Gasteiger partial charge in [0.25, 0.3) is 0 Å². The summed E-state index contributed by atoms with van der Waals surface area (Å²) < 4.78 is 33.0. The summed E-state index contributed by atoms with van der Waals surface area (Å²) in [6, 6.07) is 7.95. The van der Waals surface area contributed by atoms with E-state index in [0.29, 0.717) is 48.0 Å². The van der Waals surface area contributed by atoms with E-state index in [9.17, 15) is 19.1 Å². The number of aromatic nitrogens is 2. The number of benzene rings is 2. The van der Waals surface area contributed by atoms with Gasteiger partial charge in [0.1, 0.15) is 5.82 Å². The van der Waals surface area contributed by atoms with Gasteiger partial charge < -0.3 is 28.8 Å². The molecule has 2 aromatic carbocycles. The first-order valence-electron chi connectivity index (χ1n) is 15.7. The van der Waals surface area contributed by atoms with Gasteiger partial charge >= 0.3 is 5.97 Å². The predicted molar refractivity (Wildman–Crippen MR) is 167 cm³/mol. The fourth-order valence-electron chi connectivity index (χ4n) is 6.91. The number of methoxy groups -OCH3 is 1. The van der Waals surface area contributed by atoms with E-state index in [2.05, 4.69) is 18.8 Å². The van der Waals surface area contributed by atoms with Crippen molar-refractivity contribution < 1.29 is 33.3 Å². The fraction of sp³-hybridized carbons (Fsp3) is 0.500. The largest absolute Gasteiger partial charge is 0.493 e. The highest BCUT2D eigenvalue weighted by Crippen LogP contribution is 2.47. The van der Waals surface area contributed by atoms with E-state index < -0.39 is 23.8 Å². The lowest BCUT2D eigenvalue weighted by atomic mass is 9.84. The number of aliphatic carboxylic acids is 1. The van der Waals surface area contributed by atoms with Gasteiger partial charge in [-0.3, -0.25) is 14.5 Å². The van der Waals surface area contributed by atoms with Gasteiger partial charge in [0.15, 0.2) is 11.5 Å². The summed E-state index contributed by atoms with van der Waals surface area (Å²) in [6.07, 6.45) is 9.13. The maximum Gasteiger partial charge on any atom is 0.308 e. The van der Waals surface area contributed by atoms with Crippen molar-refractivity contribution in [1.29, 1.82) is 0 Å². The molecular weight excluding hydrogens is 579 g/mol. The number of halogens is 1. The maximum absolute atomic E-state index is 14.4. The third-order valence-corrected chi connectivity index (χ3v) is 9.02. The molecule has 2 aliphatic rings. The number of fused-ring (bicyclic) bond motifs is 1. The van der Waals surface area contributed by atoms with E-state index >= 15 is 0 Å². The molecule has 1 fully saturated rings. The number of amides is 1. The van der Waals surface area contributed by atoms with E-state index in [1.165, 1.54) is 13.2 Å². The van der Waals surface area contributed by atoms with Crippen LogP contribution in [-0.4, -0.2) is 70.5 Å². The van der Waals surface area contributed by atoms with Crippen molar-refractivity contribution in [2.45, 2.75) is 77.4 Å². The molecule has 0 aliphatic carbocycles. The standard InChI is InChI=1S/C34H43FN4O6/c1-5-7-24(8-6-2)39(25-9-10-27(35)22(3)15-25)31(40)19-38-18-26(23-16-29(43-4)33-30(17-23)44-21-45-33)32(34(41)42)28(38)11-13-37-14-12-36-20-37/h9-10,12,14-17,20,24,26,28,32H,5-8,11,13,18-19,21H2,1-4H3,(H,41,42)/t26-,28+,32-/m1/s1. The van der Waals surface area contributed by atoms with Crippen LogP contribution in [0.1, 0.15) is 63.0 Å². The maximum atomic E-state index is 14.4. The fourth-order valence-corrected chi connectivity index (χ4v) is 6.91. The lowest BCUT2D eigenvalue weighted by Crippen LogP contribution is -2.48. The van der Waals surface area contributed by atoms with Crippen molar-refractivity contribution >= 4 is 17.6 Å². The molecule has 3 aromatic rings. The minimum atomic E-state index is -0.928. The molecule has 0 saturated carbocycles. The zero-order chi connectivity index (χ0) is 32.1. The molecule has 5 rings (SSSR count). The van der Waals surface area contributed by atoms with Crippen LogP contribution in [0.5, 0.6) is 17.2 Å². The van der Waals surface area contributed by atoms with Crippen LogP contribution in [0.25, 0.3) is 0 Å². The molecule has 3 heterocycles. The summed E-state index contributed by atoms with van der Waals surface area (Å²) >= 11 is 0. The van der Waals surface area contributed by atoms with Crippen LogP contribution in [-0.2, 0) is 16.1 Å². The van der Waals surface area contributed by atoms with Crippen LogP contribution in [0, 0.1) is 18.7 Å². The van der Waals surface area contributed by atoms with Gasteiger partial charge in [-0.05, 0) is 67.6 Å². The summed E-state index contributed by atoms with van der Waals surface area (Å²) in [7, 11) is 1.54. The number of ether oxygens (including phenoxy) is 3. The predicted octanol–water partition coefficient (Wildman–Crippen LogP) is 5.63. The van der Waals surface area contributed by atoms with Crippen LogP contribution >= 0.6 is 0 Å². The first-order chi connectivity index (χ1) is 21.7. The monoisotopic (exact) mass is 622 g/mol. The first kappa shape index (κ1) is 32.3. The van der Waals surface area contributed by atoms with Crippen molar-refractivity contribution in [2.75, 3.05) is 31.9 Å². The topological polar surface area (TPSA) is 106 Å².